The highest BCUT2D eigenvalue weighted by molar-refractivity contribution is 5.82. The average Bonchev–Trinajstić information content (AvgIpc) is 3.04. The van der Waals surface area contributed by atoms with Crippen LogP contribution in [-0.4, -0.2) is 48.8 Å². The summed E-state index contributed by atoms with van der Waals surface area (Å²) < 4.78 is 11.6. The van der Waals surface area contributed by atoms with Crippen LogP contribution in [0.2, 0.25) is 0 Å². The summed E-state index contributed by atoms with van der Waals surface area (Å²) >= 11 is 0. The molecule has 0 saturated carbocycles. The quantitative estimate of drug-likeness (QED) is 0.918. The molecule has 2 aliphatic rings. The summed E-state index contributed by atoms with van der Waals surface area (Å²) in [7, 11) is 0. The number of rotatable bonds is 3. The fourth-order valence-corrected chi connectivity index (χ4v) is 3.24. The molecule has 22 heavy (non-hydrogen) atoms. The molecule has 120 valence electrons. The van der Waals surface area contributed by atoms with Crippen LogP contribution in [0.5, 0.6) is 0 Å². The zero-order valence-electron chi connectivity index (χ0n) is 13.0. The molecule has 2 unspecified atom stereocenters. The van der Waals surface area contributed by atoms with Gasteiger partial charge in [0.15, 0.2) is 0 Å². The predicted octanol–water partition coefficient (Wildman–Crippen LogP) is 1.48. The van der Waals surface area contributed by atoms with E-state index >= 15 is 0 Å². The van der Waals surface area contributed by atoms with Crippen LogP contribution in [-0.2, 0) is 14.3 Å². The van der Waals surface area contributed by atoms with E-state index in [-0.39, 0.29) is 30.3 Å². The Morgan fingerprint density at radius 1 is 1.32 bits per heavy atom. The fourth-order valence-electron chi connectivity index (χ4n) is 3.24. The zero-order valence-corrected chi connectivity index (χ0v) is 13.0. The Labute approximate surface area is 131 Å². The lowest BCUT2D eigenvalue weighted by Gasteiger charge is -2.40. The number of hydrogen-bond acceptors (Lipinski definition) is 4. The van der Waals surface area contributed by atoms with E-state index in [1.54, 1.807) is 0 Å². The average molecular weight is 304 g/mol. The summed E-state index contributed by atoms with van der Waals surface area (Å²) in [5, 5.41) is 0. The smallest absolute Gasteiger partial charge is 0.252 e. The van der Waals surface area contributed by atoms with Crippen molar-refractivity contribution in [2.75, 3.05) is 19.7 Å². The lowest BCUT2D eigenvalue weighted by atomic mass is 10.0. The van der Waals surface area contributed by atoms with Gasteiger partial charge >= 0.3 is 0 Å². The summed E-state index contributed by atoms with van der Waals surface area (Å²) in [5.41, 5.74) is 6.75. The second kappa shape index (κ2) is 6.77. The minimum atomic E-state index is -0.356. The molecule has 5 nitrogen and oxygen atoms in total. The molecule has 2 aliphatic heterocycles. The van der Waals surface area contributed by atoms with Crippen molar-refractivity contribution in [2.45, 2.75) is 44.1 Å². The molecule has 3 rings (SSSR count). The predicted molar refractivity (Wildman–Crippen MR) is 83.3 cm³/mol. The Morgan fingerprint density at radius 2 is 2.09 bits per heavy atom. The second-order valence-corrected chi connectivity index (χ2v) is 6.12. The van der Waals surface area contributed by atoms with Gasteiger partial charge in [0.05, 0.1) is 24.9 Å². The normalized spacial score (nSPS) is 32.2. The van der Waals surface area contributed by atoms with Gasteiger partial charge in [-0.15, -0.1) is 0 Å². The molecule has 1 aromatic carbocycles. The Balaban J connectivity index is 1.77. The third kappa shape index (κ3) is 3.16. The first kappa shape index (κ1) is 15.5. The van der Waals surface area contributed by atoms with Crippen molar-refractivity contribution >= 4 is 5.91 Å². The van der Waals surface area contributed by atoms with Gasteiger partial charge in [-0.1, -0.05) is 30.3 Å². The van der Waals surface area contributed by atoms with Crippen molar-refractivity contribution in [3.8, 4) is 0 Å². The largest absolute Gasteiger partial charge is 0.374 e. The minimum Gasteiger partial charge on any atom is -0.374 e. The van der Waals surface area contributed by atoms with Crippen LogP contribution < -0.4 is 5.73 Å². The summed E-state index contributed by atoms with van der Waals surface area (Å²) in [6, 6.07) is 10.0. The second-order valence-electron chi connectivity index (χ2n) is 6.12. The first-order chi connectivity index (χ1) is 10.7. The lowest BCUT2D eigenvalue weighted by molar-refractivity contribution is -0.155. The monoisotopic (exact) mass is 304 g/mol. The molecule has 5 heteroatoms. The van der Waals surface area contributed by atoms with E-state index in [4.69, 9.17) is 15.2 Å². The molecule has 0 aromatic heterocycles. The van der Waals surface area contributed by atoms with E-state index in [2.05, 4.69) is 0 Å². The molecule has 0 radical (unpaired) electrons. The van der Waals surface area contributed by atoms with E-state index in [1.165, 1.54) is 0 Å². The van der Waals surface area contributed by atoms with E-state index in [0.717, 1.165) is 18.4 Å². The number of benzene rings is 1. The highest BCUT2D eigenvalue weighted by Crippen LogP contribution is 2.29. The van der Waals surface area contributed by atoms with Crippen LogP contribution >= 0.6 is 0 Å². The van der Waals surface area contributed by atoms with Gasteiger partial charge in [0.1, 0.15) is 6.10 Å². The molecule has 1 amide bonds. The van der Waals surface area contributed by atoms with Crippen molar-refractivity contribution in [1.82, 2.24) is 4.90 Å². The van der Waals surface area contributed by atoms with Gasteiger partial charge in [0.25, 0.3) is 5.91 Å². The highest BCUT2D eigenvalue weighted by atomic mass is 16.5. The van der Waals surface area contributed by atoms with Crippen molar-refractivity contribution < 1.29 is 14.3 Å². The van der Waals surface area contributed by atoms with E-state index in [0.29, 0.717) is 19.7 Å². The number of ether oxygens (including phenoxy) is 2. The van der Waals surface area contributed by atoms with Gasteiger partial charge in [-0.3, -0.25) is 4.79 Å². The van der Waals surface area contributed by atoms with Gasteiger partial charge in [0.2, 0.25) is 0 Å². The Hall–Kier alpha value is -1.43. The Morgan fingerprint density at radius 3 is 2.77 bits per heavy atom. The van der Waals surface area contributed by atoms with E-state index < -0.39 is 0 Å². The number of nitrogens with zero attached hydrogens (tertiary/aromatic N) is 1. The summed E-state index contributed by atoms with van der Waals surface area (Å²) in [6.45, 7) is 3.61. The molecule has 2 N–H and O–H groups in total. The molecule has 2 saturated heterocycles. The number of hydrogen-bond donors (Lipinski definition) is 1. The standard InChI is InChI=1S/C17H24N2O3/c1-12-10-19(17(20)16-8-7-14(9-18)22-16)15(11-21-12)13-5-3-2-4-6-13/h2-6,12,14-16H,7-11,18H2,1H3/t12?,14-,15?,16+/m1/s1. The maximum Gasteiger partial charge on any atom is 0.252 e. The van der Waals surface area contributed by atoms with Crippen LogP contribution in [0.15, 0.2) is 30.3 Å². The van der Waals surface area contributed by atoms with Crippen LogP contribution in [0.3, 0.4) is 0 Å². The summed E-state index contributed by atoms with van der Waals surface area (Å²) in [5.74, 6) is 0.0694. The van der Waals surface area contributed by atoms with Gasteiger partial charge in [-0.2, -0.15) is 0 Å². The maximum atomic E-state index is 12.9. The van der Waals surface area contributed by atoms with E-state index in [1.807, 2.05) is 42.2 Å². The third-order valence-electron chi connectivity index (χ3n) is 4.48. The molecule has 2 heterocycles. The van der Waals surface area contributed by atoms with Crippen molar-refractivity contribution in [2.24, 2.45) is 5.73 Å². The van der Waals surface area contributed by atoms with Crippen LogP contribution in [0, 0.1) is 0 Å². The van der Waals surface area contributed by atoms with E-state index in [9.17, 15) is 4.79 Å². The first-order valence-corrected chi connectivity index (χ1v) is 8.01. The Kier molecular flexibility index (Phi) is 4.76. The number of morpholine rings is 1. The molecule has 0 bridgehead atoms. The molecule has 1 aromatic rings. The topological polar surface area (TPSA) is 64.8 Å². The van der Waals surface area contributed by atoms with Gasteiger partial charge in [0, 0.05) is 13.1 Å². The van der Waals surface area contributed by atoms with Crippen molar-refractivity contribution in [1.29, 1.82) is 0 Å². The van der Waals surface area contributed by atoms with Crippen molar-refractivity contribution in [3.05, 3.63) is 35.9 Å². The fraction of sp³-hybridized carbons (Fsp3) is 0.588. The number of amides is 1. The lowest BCUT2D eigenvalue weighted by Crippen LogP contribution is -2.50. The molecular weight excluding hydrogens is 280 g/mol. The minimum absolute atomic E-state index is 0.0163. The van der Waals surface area contributed by atoms with Gasteiger partial charge < -0.3 is 20.1 Å². The number of nitrogens with two attached hydrogens (primary N) is 1. The molecule has 0 aliphatic carbocycles. The molecule has 4 atom stereocenters. The molecular formula is C17H24N2O3. The maximum absolute atomic E-state index is 12.9. The van der Waals surface area contributed by atoms with Gasteiger partial charge in [-0.05, 0) is 25.3 Å². The van der Waals surface area contributed by atoms with Gasteiger partial charge in [-0.25, -0.2) is 0 Å². The molecule has 0 spiro atoms. The van der Waals surface area contributed by atoms with Crippen LogP contribution in [0.1, 0.15) is 31.4 Å². The van der Waals surface area contributed by atoms with Crippen molar-refractivity contribution in [3.63, 3.8) is 0 Å². The third-order valence-corrected chi connectivity index (χ3v) is 4.48. The summed E-state index contributed by atoms with van der Waals surface area (Å²) in [6.07, 6.45) is 1.33. The zero-order chi connectivity index (χ0) is 15.5. The number of carbonyl (C=O) groups is 1. The number of carbonyl (C=O) groups excluding carboxylic acids is 1. The SMILES string of the molecule is CC1CN(C(=O)[C@@H]2CC[C@H](CN)O2)C(c2ccccc2)CO1. The van der Waals surface area contributed by atoms with Crippen LogP contribution in [0.25, 0.3) is 0 Å². The first-order valence-electron chi connectivity index (χ1n) is 8.01. The highest BCUT2D eigenvalue weighted by Gasteiger charge is 2.38. The Bertz CT molecular complexity index is 508. The summed E-state index contributed by atoms with van der Waals surface area (Å²) in [4.78, 5) is 14.8. The van der Waals surface area contributed by atoms with Crippen LogP contribution in [0.4, 0.5) is 0 Å². The molecule has 2 fully saturated rings.